The van der Waals surface area contributed by atoms with Crippen LogP contribution in [0.1, 0.15) is 33.3 Å². The number of halogens is 3. The predicted molar refractivity (Wildman–Crippen MR) is 114 cm³/mol. The molecule has 9 heteroatoms. The van der Waals surface area contributed by atoms with Crippen molar-refractivity contribution in [2.75, 3.05) is 26.2 Å². The lowest BCUT2D eigenvalue weighted by Crippen LogP contribution is -2.42. The number of hydrogen-bond donors (Lipinski definition) is 3. The van der Waals surface area contributed by atoms with Gasteiger partial charge in [0.1, 0.15) is 17.2 Å². The smallest absolute Gasteiger partial charge is 0.407 e. The van der Waals surface area contributed by atoms with E-state index < -0.39 is 23.3 Å². The van der Waals surface area contributed by atoms with Crippen LogP contribution in [-0.4, -0.2) is 43.8 Å². The molecule has 0 atom stereocenters. The van der Waals surface area contributed by atoms with E-state index in [4.69, 9.17) is 4.74 Å². The fourth-order valence-electron chi connectivity index (χ4n) is 2.05. The number of aliphatic imine (C=N–C) groups is 1. The molecule has 0 heterocycles. The molecule has 0 unspecified atom stereocenters. The summed E-state index contributed by atoms with van der Waals surface area (Å²) in [6.45, 7) is 8.93. The zero-order chi connectivity index (χ0) is 19.6. The third kappa shape index (κ3) is 10.9. The van der Waals surface area contributed by atoms with Gasteiger partial charge < -0.3 is 20.7 Å². The third-order valence-corrected chi connectivity index (χ3v) is 3.12. The SMILES string of the molecule is CCNC(=NCCc1c(F)cccc1F)NCCNC(=O)OC(C)(C)C.I. The Morgan fingerprint density at radius 2 is 1.70 bits per heavy atom. The maximum atomic E-state index is 13.6. The minimum absolute atomic E-state index is 0. The van der Waals surface area contributed by atoms with E-state index in [0.29, 0.717) is 25.6 Å². The van der Waals surface area contributed by atoms with Gasteiger partial charge in [0.25, 0.3) is 0 Å². The van der Waals surface area contributed by atoms with Crippen LogP contribution in [0.25, 0.3) is 0 Å². The Labute approximate surface area is 176 Å². The summed E-state index contributed by atoms with van der Waals surface area (Å²) < 4.78 is 32.3. The molecule has 1 aromatic rings. The molecule has 154 valence electrons. The zero-order valence-corrected chi connectivity index (χ0v) is 18.5. The number of carbonyl (C=O) groups is 1. The summed E-state index contributed by atoms with van der Waals surface area (Å²) in [6, 6.07) is 3.79. The van der Waals surface area contributed by atoms with Crippen molar-refractivity contribution in [1.82, 2.24) is 16.0 Å². The van der Waals surface area contributed by atoms with Crippen LogP contribution in [0.15, 0.2) is 23.2 Å². The molecular weight excluding hydrogens is 469 g/mol. The quantitative estimate of drug-likeness (QED) is 0.234. The first kappa shape index (κ1) is 25.4. The minimum atomic E-state index is -0.570. The maximum absolute atomic E-state index is 13.6. The number of ether oxygens (including phenoxy) is 1. The van der Waals surface area contributed by atoms with Crippen LogP contribution in [0.2, 0.25) is 0 Å². The Kier molecular flexibility index (Phi) is 11.9. The number of nitrogens with one attached hydrogen (secondary N) is 3. The number of alkyl carbamates (subject to hydrolysis) is 1. The van der Waals surface area contributed by atoms with Crippen LogP contribution < -0.4 is 16.0 Å². The van der Waals surface area contributed by atoms with Gasteiger partial charge in [-0.05, 0) is 46.2 Å². The molecule has 0 bridgehead atoms. The van der Waals surface area contributed by atoms with Gasteiger partial charge in [-0.1, -0.05) is 6.07 Å². The topological polar surface area (TPSA) is 74.8 Å². The number of nitrogens with zero attached hydrogens (tertiary/aromatic N) is 1. The summed E-state index contributed by atoms with van der Waals surface area (Å²) in [5.74, 6) is -0.630. The summed E-state index contributed by atoms with van der Waals surface area (Å²) in [6.07, 6.45) is -0.332. The van der Waals surface area contributed by atoms with E-state index in [9.17, 15) is 13.6 Å². The molecule has 0 aliphatic heterocycles. The molecule has 0 radical (unpaired) electrons. The van der Waals surface area contributed by atoms with Crippen molar-refractivity contribution in [3.05, 3.63) is 35.4 Å². The first-order valence-corrected chi connectivity index (χ1v) is 8.65. The molecule has 1 rings (SSSR count). The Balaban J connectivity index is 0.00000676. The second-order valence-corrected chi connectivity index (χ2v) is 6.57. The summed E-state index contributed by atoms with van der Waals surface area (Å²) in [5, 5.41) is 8.70. The summed E-state index contributed by atoms with van der Waals surface area (Å²) in [5.41, 5.74) is -0.519. The number of benzene rings is 1. The van der Waals surface area contributed by atoms with Crippen molar-refractivity contribution in [2.45, 2.75) is 39.7 Å². The van der Waals surface area contributed by atoms with Gasteiger partial charge in [0.05, 0.1) is 0 Å². The molecule has 6 nitrogen and oxygen atoms in total. The van der Waals surface area contributed by atoms with Gasteiger partial charge in [-0.3, -0.25) is 4.99 Å². The second-order valence-electron chi connectivity index (χ2n) is 6.57. The molecule has 3 N–H and O–H groups in total. The van der Waals surface area contributed by atoms with Crippen LogP contribution in [0.4, 0.5) is 13.6 Å². The van der Waals surface area contributed by atoms with E-state index in [1.54, 1.807) is 20.8 Å². The molecule has 27 heavy (non-hydrogen) atoms. The molecule has 0 fully saturated rings. The Bertz CT molecular complexity index is 602. The lowest BCUT2D eigenvalue weighted by Gasteiger charge is -2.19. The normalized spacial score (nSPS) is 11.4. The van der Waals surface area contributed by atoms with Crippen molar-refractivity contribution in [3.8, 4) is 0 Å². The first-order chi connectivity index (χ1) is 12.2. The average Bonchev–Trinajstić information content (AvgIpc) is 2.52. The highest BCUT2D eigenvalue weighted by molar-refractivity contribution is 14.0. The number of amides is 1. The van der Waals surface area contributed by atoms with E-state index in [1.165, 1.54) is 18.2 Å². The maximum Gasteiger partial charge on any atom is 0.407 e. The van der Waals surface area contributed by atoms with Gasteiger partial charge >= 0.3 is 6.09 Å². The van der Waals surface area contributed by atoms with Crippen LogP contribution in [0.5, 0.6) is 0 Å². The highest BCUT2D eigenvalue weighted by atomic mass is 127. The second kappa shape index (κ2) is 12.7. The van der Waals surface area contributed by atoms with E-state index in [0.717, 1.165) is 0 Å². The summed E-state index contributed by atoms with van der Waals surface area (Å²) >= 11 is 0. The fourth-order valence-corrected chi connectivity index (χ4v) is 2.05. The molecule has 0 aliphatic carbocycles. The monoisotopic (exact) mass is 498 g/mol. The van der Waals surface area contributed by atoms with E-state index >= 15 is 0 Å². The van der Waals surface area contributed by atoms with Gasteiger partial charge in [-0.2, -0.15) is 0 Å². The van der Waals surface area contributed by atoms with Crippen molar-refractivity contribution in [2.24, 2.45) is 4.99 Å². The Morgan fingerprint density at radius 1 is 1.11 bits per heavy atom. The summed E-state index contributed by atoms with van der Waals surface area (Å²) in [4.78, 5) is 15.8. The van der Waals surface area contributed by atoms with Crippen molar-refractivity contribution in [1.29, 1.82) is 0 Å². The van der Waals surface area contributed by atoms with Gasteiger partial charge in [-0.25, -0.2) is 13.6 Å². The van der Waals surface area contributed by atoms with E-state index in [1.807, 2.05) is 6.92 Å². The fraction of sp³-hybridized carbons (Fsp3) is 0.556. The predicted octanol–water partition coefficient (Wildman–Crippen LogP) is 3.21. The van der Waals surface area contributed by atoms with Gasteiger partial charge in [0.15, 0.2) is 5.96 Å². The van der Waals surface area contributed by atoms with Crippen LogP contribution in [-0.2, 0) is 11.2 Å². The highest BCUT2D eigenvalue weighted by Gasteiger charge is 2.15. The van der Waals surface area contributed by atoms with Crippen LogP contribution in [0.3, 0.4) is 0 Å². The molecule has 1 amide bonds. The van der Waals surface area contributed by atoms with Crippen LogP contribution >= 0.6 is 24.0 Å². The average molecular weight is 498 g/mol. The molecule has 1 aromatic carbocycles. The molecule has 0 saturated carbocycles. The standard InChI is InChI=1S/C18H28F2N4O2.HI/c1-5-21-16(23-11-12-24-17(25)26-18(2,3)4)22-10-9-13-14(19)7-6-8-15(13)20;/h6-8H,5,9-12H2,1-4H3,(H,24,25)(H2,21,22,23);1H. The van der Waals surface area contributed by atoms with E-state index in [-0.39, 0.29) is 42.5 Å². The number of guanidine groups is 1. The first-order valence-electron chi connectivity index (χ1n) is 8.65. The summed E-state index contributed by atoms with van der Waals surface area (Å²) in [7, 11) is 0. The molecular formula is C18H29F2IN4O2. The lowest BCUT2D eigenvalue weighted by molar-refractivity contribution is 0.0529. The van der Waals surface area contributed by atoms with Gasteiger partial charge in [0, 0.05) is 31.7 Å². The number of rotatable bonds is 7. The molecule has 0 aromatic heterocycles. The van der Waals surface area contributed by atoms with Crippen molar-refractivity contribution >= 4 is 36.0 Å². The largest absolute Gasteiger partial charge is 0.444 e. The zero-order valence-electron chi connectivity index (χ0n) is 16.2. The Hall–Kier alpha value is -1.65. The lowest BCUT2D eigenvalue weighted by atomic mass is 10.1. The van der Waals surface area contributed by atoms with Crippen LogP contribution in [0, 0.1) is 11.6 Å². The Morgan fingerprint density at radius 3 is 2.26 bits per heavy atom. The van der Waals surface area contributed by atoms with Gasteiger partial charge in [-0.15, -0.1) is 24.0 Å². The third-order valence-electron chi connectivity index (χ3n) is 3.12. The number of carbonyl (C=O) groups excluding carboxylic acids is 1. The molecule has 0 saturated heterocycles. The van der Waals surface area contributed by atoms with Crippen molar-refractivity contribution in [3.63, 3.8) is 0 Å². The molecule has 0 aliphatic rings. The van der Waals surface area contributed by atoms with Gasteiger partial charge in [0.2, 0.25) is 0 Å². The highest BCUT2D eigenvalue weighted by Crippen LogP contribution is 2.12. The van der Waals surface area contributed by atoms with E-state index in [2.05, 4.69) is 20.9 Å². The van der Waals surface area contributed by atoms with Crippen molar-refractivity contribution < 1.29 is 18.3 Å². The number of hydrogen-bond acceptors (Lipinski definition) is 3. The minimum Gasteiger partial charge on any atom is -0.444 e. The molecule has 0 spiro atoms.